The van der Waals surface area contributed by atoms with Gasteiger partial charge in [0.05, 0.1) is 5.56 Å². The average Bonchev–Trinajstić information content (AvgIpc) is 2.20. The van der Waals surface area contributed by atoms with Crippen LogP contribution in [0, 0.1) is 6.92 Å². The Morgan fingerprint density at radius 1 is 1.50 bits per heavy atom. The summed E-state index contributed by atoms with van der Waals surface area (Å²) in [4.78, 5) is 11.8. The van der Waals surface area contributed by atoms with Crippen LogP contribution in [-0.2, 0) is 4.74 Å². The van der Waals surface area contributed by atoms with Crippen molar-refractivity contribution in [2.45, 2.75) is 13.0 Å². The van der Waals surface area contributed by atoms with Crippen LogP contribution in [0.1, 0.15) is 15.9 Å². The van der Waals surface area contributed by atoms with Gasteiger partial charge in [-0.1, -0.05) is 12.1 Å². The standard InChI is InChI=1S/C11H12O3/c1-7-4-3-5-8-10(12)9(13-2)6-14-11(7)8/h3-5,9H,6H2,1-2H3. The van der Waals surface area contributed by atoms with E-state index >= 15 is 0 Å². The van der Waals surface area contributed by atoms with Gasteiger partial charge in [-0.3, -0.25) is 4.79 Å². The number of hydrogen-bond acceptors (Lipinski definition) is 3. The predicted molar refractivity (Wildman–Crippen MR) is 51.8 cm³/mol. The van der Waals surface area contributed by atoms with Gasteiger partial charge in [-0.05, 0) is 18.6 Å². The van der Waals surface area contributed by atoms with Crippen molar-refractivity contribution < 1.29 is 14.3 Å². The number of hydrogen-bond donors (Lipinski definition) is 0. The molecule has 0 aliphatic carbocycles. The molecule has 3 nitrogen and oxygen atoms in total. The summed E-state index contributed by atoms with van der Waals surface area (Å²) in [5.41, 5.74) is 1.62. The molecular formula is C11H12O3. The van der Waals surface area contributed by atoms with Crippen LogP contribution in [0.3, 0.4) is 0 Å². The molecule has 0 radical (unpaired) electrons. The summed E-state index contributed by atoms with van der Waals surface area (Å²) in [5, 5.41) is 0. The van der Waals surface area contributed by atoms with E-state index in [1.807, 2.05) is 19.1 Å². The second kappa shape index (κ2) is 3.42. The highest BCUT2D eigenvalue weighted by atomic mass is 16.5. The zero-order chi connectivity index (χ0) is 10.1. The van der Waals surface area contributed by atoms with Crippen molar-refractivity contribution in [1.82, 2.24) is 0 Å². The molecule has 0 amide bonds. The van der Waals surface area contributed by atoms with Crippen LogP contribution < -0.4 is 4.74 Å². The Morgan fingerprint density at radius 3 is 3.00 bits per heavy atom. The number of Topliss-reactive ketones (excluding diaryl/α,β-unsaturated/α-hetero) is 1. The van der Waals surface area contributed by atoms with E-state index < -0.39 is 6.10 Å². The third-order valence-corrected chi connectivity index (χ3v) is 2.43. The molecule has 1 aliphatic rings. The van der Waals surface area contributed by atoms with E-state index in [-0.39, 0.29) is 5.78 Å². The largest absolute Gasteiger partial charge is 0.489 e. The molecule has 1 aliphatic heterocycles. The maximum atomic E-state index is 11.8. The van der Waals surface area contributed by atoms with Gasteiger partial charge in [0.15, 0.2) is 11.9 Å². The first kappa shape index (κ1) is 9.21. The second-order valence-electron chi connectivity index (χ2n) is 3.35. The van der Waals surface area contributed by atoms with Crippen molar-refractivity contribution in [2.75, 3.05) is 13.7 Å². The van der Waals surface area contributed by atoms with Gasteiger partial charge in [0.2, 0.25) is 0 Å². The fourth-order valence-corrected chi connectivity index (χ4v) is 1.62. The molecule has 0 N–H and O–H groups in total. The lowest BCUT2D eigenvalue weighted by atomic mass is 10.0. The molecule has 0 saturated carbocycles. The van der Waals surface area contributed by atoms with Gasteiger partial charge < -0.3 is 9.47 Å². The number of ketones is 1. The Morgan fingerprint density at radius 2 is 2.29 bits per heavy atom. The average molecular weight is 192 g/mol. The monoisotopic (exact) mass is 192 g/mol. The molecule has 74 valence electrons. The minimum atomic E-state index is -0.454. The van der Waals surface area contributed by atoms with E-state index in [1.54, 1.807) is 6.07 Å². The van der Waals surface area contributed by atoms with Crippen LogP contribution in [0.5, 0.6) is 5.75 Å². The van der Waals surface area contributed by atoms with Crippen LogP contribution in [0.15, 0.2) is 18.2 Å². The summed E-state index contributed by atoms with van der Waals surface area (Å²) >= 11 is 0. The summed E-state index contributed by atoms with van der Waals surface area (Å²) in [6, 6.07) is 5.56. The van der Waals surface area contributed by atoms with Crippen LogP contribution in [0.4, 0.5) is 0 Å². The minimum absolute atomic E-state index is 0.0115. The quantitative estimate of drug-likeness (QED) is 0.677. The van der Waals surface area contributed by atoms with Gasteiger partial charge in [0, 0.05) is 7.11 Å². The van der Waals surface area contributed by atoms with Crippen LogP contribution in [0.2, 0.25) is 0 Å². The molecule has 2 rings (SSSR count). The highest BCUT2D eigenvalue weighted by Gasteiger charge is 2.29. The maximum absolute atomic E-state index is 11.8. The lowest BCUT2D eigenvalue weighted by Gasteiger charge is -2.24. The maximum Gasteiger partial charge on any atom is 0.198 e. The topological polar surface area (TPSA) is 35.5 Å². The number of benzene rings is 1. The van der Waals surface area contributed by atoms with Crippen LogP contribution in [-0.4, -0.2) is 25.6 Å². The summed E-state index contributed by atoms with van der Waals surface area (Å²) in [6.45, 7) is 2.24. The molecule has 0 spiro atoms. The van der Waals surface area contributed by atoms with Crippen molar-refractivity contribution in [2.24, 2.45) is 0 Å². The second-order valence-corrected chi connectivity index (χ2v) is 3.35. The van der Waals surface area contributed by atoms with Crippen molar-refractivity contribution in [3.05, 3.63) is 29.3 Å². The van der Waals surface area contributed by atoms with Gasteiger partial charge in [0.1, 0.15) is 12.4 Å². The molecule has 1 aromatic carbocycles. The third-order valence-electron chi connectivity index (χ3n) is 2.43. The lowest BCUT2D eigenvalue weighted by Crippen LogP contribution is -2.34. The molecule has 14 heavy (non-hydrogen) atoms. The van der Waals surface area contributed by atoms with E-state index in [4.69, 9.17) is 9.47 Å². The molecule has 0 bridgehead atoms. The first-order valence-electron chi connectivity index (χ1n) is 4.53. The lowest BCUT2D eigenvalue weighted by molar-refractivity contribution is 0.0366. The molecule has 0 fully saturated rings. The van der Waals surface area contributed by atoms with Crippen LogP contribution >= 0.6 is 0 Å². The highest BCUT2D eigenvalue weighted by Crippen LogP contribution is 2.28. The Hall–Kier alpha value is -1.35. The smallest absolute Gasteiger partial charge is 0.198 e. The molecule has 1 aromatic rings. The normalized spacial score (nSPS) is 20.1. The predicted octanol–water partition coefficient (Wildman–Crippen LogP) is 1.59. The van der Waals surface area contributed by atoms with E-state index in [0.29, 0.717) is 17.9 Å². The van der Waals surface area contributed by atoms with E-state index in [1.165, 1.54) is 7.11 Å². The van der Waals surface area contributed by atoms with Gasteiger partial charge >= 0.3 is 0 Å². The van der Waals surface area contributed by atoms with Gasteiger partial charge in [-0.15, -0.1) is 0 Å². The first-order valence-corrected chi connectivity index (χ1v) is 4.53. The molecule has 1 atom stereocenters. The van der Waals surface area contributed by atoms with Crippen molar-refractivity contribution in [1.29, 1.82) is 0 Å². The number of carbonyl (C=O) groups excluding carboxylic acids is 1. The Kier molecular flexibility index (Phi) is 2.25. The van der Waals surface area contributed by atoms with Crippen molar-refractivity contribution >= 4 is 5.78 Å². The van der Waals surface area contributed by atoms with E-state index in [2.05, 4.69) is 0 Å². The zero-order valence-electron chi connectivity index (χ0n) is 8.24. The summed E-state index contributed by atoms with van der Waals surface area (Å²) in [6.07, 6.45) is -0.454. The molecule has 1 unspecified atom stereocenters. The zero-order valence-corrected chi connectivity index (χ0v) is 8.24. The summed E-state index contributed by atoms with van der Waals surface area (Å²) in [5.74, 6) is 0.711. The minimum Gasteiger partial charge on any atom is -0.489 e. The molecule has 0 aromatic heterocycles. The van der Waals surface area contributed by atoms with Crippen molar-refractivity contribution in [3.8, 4) is 5.75 Å². The van der Waals surface area contributed by atoms with Crippen LogP contribution in [0.25, 0.3) is 0 Å². The molecule has 3 heteroatoms. The fraction of sp³-hybridized carbons (Fsp3) is 0.364. The fourth-order valence-electron chi connectivity index (χ4n) is 1.62. The van der Waals surface area contributed by atoms with Crippen molar-refractivity contribution in [3.63, 3.8) is 0 Å². The molecule has 0 saturated heterocycles. The number of aryl methyl sites for hydroxylation is 1. The number of methoxy groups -OCH3 is 1. The Bertz CT molecular complexity index is 371. The number of para-hydroxylation sites is 1. The summed E-state index contributed by atoms with van der Waals surface area (Å²) < 4.78 is 10.5. The first-order chi connectivity index (χ1) is 6.74. The SMILES string of the molecule is COC1COc2c(C)cccc2C1=O. The Balaban J connectivity index is 2.46. The van der Waals surface area contributed by atoms with E-state index in [0.717, 1.165) is 5.56 Å². The van der Waals surface area contributed by atoms with E-state index in [9.17, 15) is 4.79 Å². The van der Waals surface area contributed by atoms with Gasteiger partial charge in [-0.2, -0.15) is 0 Å². The third kappa shape index (κ3) is 1.30. The van der Waals surface area contributed by atoms with Gasteiger partial charge in [0.25, 0.3) is 0 Å². The highest BCUT2D eigenvalue weighted by molar-refractivity contribution is 6.03. The number of rotatable bonds is 1. The number of carbonyl (C=O) groups is 1. The molecule has 1 heterocycles. The number of ether oxygens (including phenoxy) is 2. The Labute approximate surface area is 82.6 Å². The van der Waals surface area contributed by atoms with Gasteiger partial charge in [-0.25, -0.2) is 0 Å². The number of fused-ring (bicyclic) bond motifs is 1. The molecular weight excluding hydrogens is 180 g/mol. The summed E-state index contributed by atoms with van der Waals surface area (Å²) in [7, 11) is 1.52.